The summed E-state index contributed by atoms with van der Waals surface area (Å²) in [6.45, 7) is 0. The Balaban J connectivity index is 3.23. The number of benzene rings is 1. The molecule has 0 aliphatic carbocycles. The Kier molecular flexibility index (Phi) is 2.38. The van der Waals surface area contributed by atoms with E-state index in [1.807, 2.05) is 0 Å². The van der Waals surface area contributed by atoms with E-state index >= 15 is 0 Å². The van der Waals surface area contributed by atoms with Crippen LogP contribution in [0.2, 0.25) is 5.02 Å². The van der Waals surface area contributed by atoms with Crippen LogP contribution >= 0.6 is 11.6 Å². The average Bonchev–Trinajstić information content (AvgIpc) is 1.96. The molecule has 0 fully saturated rings. The van der Waals surface area contributed by atoms with Gasteiger partial charge in [0.2, 0.25) is 0 Å². The molecule has 0 aromatic heterocycles. The van der Waals surface area contributed by atoms with Crippen LogP contribution in [0.3, 0.4) is 0 Å². The first-order chi connectivity index (χ1) is 5.52. The van der Waals surface area contributed by atoms with E-state index in [9.17, 15) is 8.78 Å². The maximum Gasteiger partial charge on any atom is 0.265 e. The molecule has 12 heavy (non-hydrogen) atoms. The quantitative estimate of drug-likeness (QED) is 0.672. The normalized spacial score (nSPS) is 10.7. The summed E-state index contributed by atoms with van der Waals surface area (Å²) in [6, 6.07) is 2.31. The van der Waals surface area contributed by atoms with E-state index in [0.717, 1.165) is 6.07 Å². The van der Waals surface area contributed by atoms with E-state index in [2.05, 4.69) is 0 Å². The molecule has 1 aromatic rings. The van der Waals surface area contributed by atoms with Gasteiger partial charge in [0.1, 0.15) is 0 Å². The molecule has 0 heterocycles. The Morgan fingerprint density at radius 1 is 1.17 bits per heavy atom. The molecule has 1 rings (SSSR count). The van der Waals surface area contributed by atoms with Crippen molar-refractivity contribution in [1.29, 1.82) is 0 Å². The first-order valence-corrected chi connectivity index (χ1v) is 3.52. The molecule has 0 bridgehead atoms. The second kappa shape index (κ2) is 3.15. The van der Waals surface area contributed by atoms with Crippen molar-refractivity contribution in [3.63, 3.8) is 0 Å². The molecule has 1 aromatic carbocycles. The molecule has 0 atom stereocenters. The Labute approximate surface area is 73.1 Å². The molecule has 66 valence electrons. The van der Waals surface area contributed by atoms with Gasteiger partial charge < -0.3 is 11.5 Å². The van der Waals surface area contributed by atoms with Crippen LogP contribution in [0.5, 0.6) is 0 Å². The van der Waals surface area contributed by atoms with E-state index in [-0.39, 0.29) is 22.0 Å². The maximum atomic E-state index is 12.2. The first-order valence-electron chi connectivity index (χ1n) is 3.15. The summed E-state index contributed by atoms with van der Waals surface area (Å²) >= 11 is 5.54. The fourth-order valence-electron chi connectivity index (χ4n) is 0.812. The highest BCUT2D eigenvalue weighted by Crippen LogP contribution is 2.31. The average molecular weight is 193 g/mol. The Bertz CT molecular complexity index is 302. The van der Waals surface area contributed by atoms with Crippen molar-refractivity contribution in [1.82, 2.24) is 0 Å². The van der Waals surface area contributed by atoms with Crippen molar-refractivity contribution < 1.29 is 8.78 Å². The molecule has 2 nitrogen and oxygen atoms in total. The SMILES string of the molecule is Nc1cc(C(F)F)c(N)cc1Cl. The van der Waals surface area contributed by atoms with Crippen molar-refractivity contribution in [3.05, 3.63) is 22.7 Å². The van der Waals surface area contributed by atoms with Crippen LogP contribution in [0.4, 0.5) is 20.2 Å². The molecular weight excluding hydrogens is 186 g/mol. The highest BCUT2D eigenvalue weighted by Gasteiger charge is 2.12. The molecule has 0 radical (unpaired) electrons. The zero-order chi connectivity index (χ0) is 9.30. The second-order valence-corrected chi connectivity index (χ2v) is 2.71. The van der Waals surface area contributed by atoms with Crippen LogP contribution < -0.4 is 11.5 Å². The number of hydrogen-bond acceptors (Lipinski definition) is 2. The van der Waals surface area contributed by atoms with Gasteiger partial charge in [-0.05, 0) is 12.1 Å². The van der Waals surface area contributed by atoms with Gasteiger partial charge in [-0.15, -0.1) is 0 Å². The predicted molar refractivity (Wildman–Crippen MR) is 45.2 cm³/mol. The third-order valence-corrected chi connectivity index (χ3v) is 1.76. The maximum absolute atomic E-state index is 12.2. The summed E-state index contributed by atoms with van der Waals surface area (Å²) in [5.74, 6) is 0. The van der Waals surface area contributed by atoms with E-state index in [4.69, 9.17) is 23.1 Å². The monoisotopic (exact) mass is 192 g/mol. The van der Waals surface area contributed by atoms with Crippen LogP contribution in [0.1, 0.15) is 12.0 Å². The van der Waals surface area contributed by atoms with E-state index in [0.29, 0.717) is 0 Å². The lowest BCUT2D eigenvalue weighted by Crippen LogP contribution is -1.97. The molecule has 0 aliphatic rings. The minimum absolute atomic E-state index is 0.0378. The smallest absolute Gasteiger partial charge is 0.265 e. The lowest BCUT2D eigenvalue weighted by Gasteiger charge is -2.06. The minimum Gasteiger partial charge on any atom is -0.398 e. The van der Waals surface area contributed by atoms with Crippen molar-refractivity contribution in [2.24, 2.45) is 0 Å². The molecule has 0 spiro atoms. The van der Waals surface area contributed by atoms with Crippen LogP contribution in [0.15, 0.2) is 12.1 Å². The summed E-state index contributed by atoms with van der Waals surface area (Å²) in [6.07, 6.45) is -2.62. The fraction of sp³-hybridized carbons (Fsp3) is 0.143. The third-order valence-electron chi connectivity index (χ3n) is 1.44. The van der Waals surface area contributed by atoms with Crippen LogP contribution in [0, 0.1) is 0 Å². The zero-order valence-corrected chi connectivity index (χ0v) is 6.78. The van der Waals surface area contributed by atoms with E-state index < -0.39 is 6.43 Å². The third kappa shape index (κ3) is 1.58. The van der Waals surface area contributed by atoms with Crippen molar-refractivity contribution in [3.8, 4) is 0 Å². The standard InChI is InChI=1S/C7H7ClF2N2/c8-4-2-5(11)3(7(9)10)1-6(4)12/h1-2,7H,11-12H2. The van der Waals surface area contributed by atoms with Gasteiger partial charge in [-0.25, -0.2) is 8.78 Å². The minimum atomic E-state index is -2.62. The number of anilines is 2. The molecule has 5 heteroatoms. The number of nitrogens with two attached hydrogens (primary N) is 2. The van der Waals surface area contributed by atoms with Gasteiger partial charge >= 0.3 is 0 Å². The number of rotatable bonds is 1. The second-order valence-electron chi connectivity index (χ2n) is 2.30. The lowest BCUT2D eigenvalue weighted by atomic mass is 10.1. The summed E-state index contributed by atoms with van der Waals surface area (Å²) in [5.41, 5.74) is 10.4. The van der Waals surface area contributed by atoms with E-state index in [1.54, 1.807) is 0 Å². The molecule has 0 aliphatic heterocycles. The van der Waals surface area contributed by atoms with Crippen LogP contribution in [-0.4, -0.2) is 0 Å². The lowest BCUT2D eigenvalue weighted by molar-refractivity contribution is 0.152. The number of alkyl halides is 2. The van der Waals surface area contributed by atoms with Gasteiger partial charge in [0, 0.05) is 11.3 Å². The van der Waals surface area contributed by atoms with Gasteiger partial charge in [0.15, 0.2) is 0 Å². The number of halogens is 3. The van der Waals surface area contributed by atoms with Gasteiger partial charge in [-0.3, -0.25) is 0 Å². The Hall–Kier alpha value is -1.03. The zero-order valence-electron chi connectivity index (χ0n) is 6.02. The molecule has 4 N–H and O–H groups in total. The highest BCUT2D eigenvalue weighted by molar-refractivity contribution is 6.33. The molecule has 0 saturated heterocycles. The van der Waals surface area contributed by atoms with Crippen molar-refractivity contribution in [2.75, 3.05) is 11.5 Å². The number of hydrogen-bond donors (Lipinski definition) is 2. The summed E-state index contributed by atoms with van der Waals surface area (Å²) in [5, 5.41) is 0.192. The van der Waals surface area contributed by atoms with Crippen molar-refractivity contribution >= 4 is 23.0 Å². The fourth-order valence-corrected chi connectivity index (χ4v) is 0.984. The molecule has 0 saturated carbocycles. The highest BCUT2D eigenvalue weighted by atomic mass is 35.5. The summed E-state index contributed by atoms with van der Waals surface area (Å²) in [7, 11) is 0. The summed E-state index contributed by atoms with van der Waals surface area (Å²) in [4.78, 5) is 0. The predicted octanol–water partition coefficient (Wildman–Crippen LogP) is 2.44. The number of nitrogen functional groups attached to an aromatic ring is 2. The Morgan fingerprint density at radius 2 is 1.75 bits per heavy atom. The van der Waals surface area contributed by atoms with Gasteiger partial charge in [-0.1, -0.05) is 11.6 Å². The largest absolute Gasteiger partial charge is 0.398 e. The molecule has 0 unspecified atom stereocenters. The van der Waals surface area contributed by atoms with Crippen molar-refractivity contribution in [2.45, 2.75) is 6.43 Å². The van der Waals surface area contributed by atoms with Gasteiger partial charge in [0.25, 0.3) is 6.43 Å². The van der Waals surface area contributed by atoms with Gasteiger partial charge in [0.05, 0.1) is 10.7 Å². The molecular formula is C7H7ClF2N2. The van der Waals surface area contributed by atoms with Gasteiger partial charge in [-0.2, -0.15) is 0 Å². The topological polar surface area (TPSA) is 52.0 Å². The first kappa shape index (κ1) is 9.06. The summed E-state index contributed by atoms with van der Waals surface area (Å²) < 4.78 is 24.3. The van der Waals surface area contributed by atoms with E-state index in [1.165, 1.54) is 6.07 Å². The van der Waals surface area contributed by atoms with Crippen LogP contribution in [-0.2, 0) is 0 Å². The van der Waals surface area contributed by atoms with Crippen LogP contribution in [0.25, 0.3) is 0 Å². The molecule has 0 amide bonds. The Morgan fingerprint density at radius 3 is 2.25 bits per heavy atom.